The van der Waals surface area contributed by atoms with Crippen molar-refractivity contribution in [3.8, 4) is 0 Å². The first-order valence-corrected chi connectivity index (χ1v) is 10.8. The van der Waals surface area contributed by atoms with Crippen molar-refractivity contribution < 1.29 is 22.9 Å². The summed E-state index contributed by atoms with van der Waals surface area (Å²) in [4.78, 5) is 26.3. The quantitative estimate of drug-likeness (QED) is 0.521. The normalized spacial score (nSPS) is 27.9. The van der Waals surface area contributed by atoms with Crippen molar-refractivity contribution in [2.75, 3.05) is 23.8 Å². The minimum absolute atomic E-state index is 0.0178. The summed E-state index contributed by atoms with van der Waals surface area (Å²) < 4.78 is 38.8. The van der Waals surface area contributed by atoms with Crippen LogP contribution < -0.4 is 15.5 Å². The number of carbonyl (C=O) groups is 1. The zero-order valence-corrected chi connectivity index (χ0v) is 17.4. The number of nitro groups is 1. The zero-order valence-electron chi connectivity index (χ0n) is 17.4. The molecule has 3 aliphatic rings. The summed E-state index contributed by atoms with van der Waals surface area (Å²) in [6, 6.07) is 2.90. The Balaban J connectivity index is 1.58. The molecule has 1 heterocycles. The second-order valence-electron chi connectivity index (χ2n) is 8.94. The number of alkyl halides is 3. The lowest BCUT2D eigenvalue weighted by molar-refractivity contribution is -0.384. The van der Waals surface area contributed by atoms with Crippen molar-refractivity contribution in [2.24, 2.45) is 11.8 Å². The molecule has 1 aromatic rings. The van der Waals surface area contributed by atoms with Gasteiger partial charge in [0.2, 0.25) is 0 Å². The molecule has 2 bridgehead atoms. The number of piperidine rings is 1. The molecular weight excluding hydrogens is 413 g/mol. The van der Waals surface area contributed by atoms with Crippen LogP contribution in [0.3, 0.4) is 0 Å². The Morgan fingerprint density at radius 2 is 1.87 bits per heavy atom. The fraction of sp³-hybridized carbons (Fsp3) is 0.667. The van der Waals surface area contributed by atoms with E-state index in [4.69, 9.17) is 0 Å². The number of hydrogen-bond acceptors (Lipinski definition) is 5. The molecule has 0 spiro atoms. The highest BCUT2D eigenvalue weighted by atomic mass is 19.4. The molecule has 10 heteroatoms. The van der Waals surface area contributed by atoms with Gasteiger partial charge in [0.25, 0.3) is 11.6 Å². The molecule has 1 aromatic carbocycles. The topological polar surface area (TPSA) is 87.5 Å². The van der Waals surface area contributed by atoms with Crippen LogP contribution in [-0.4, -0.2) is 42.7 Å². The Labute approximate surface area is 178 Å². The molecule has 3 fully saturated rings. The van der Waals surface area contributed by atoms with Crippen LogP contribution in [0.4, 0.5) is 30.2 Å². The standard InChI is InChI=1S/C21H27F3N4O3/c1-25-17-10-18(27-11-12-2-7-15(27)8-12)16(9-19(17)28(30)31)20(29)26-14-5-3-13(4-6-14)21(22,23)24/h9-10,12-15,25H,2-8,11H2,1H3,(H,26,29). The Morgan fingerprint density at radius 1 is 1.16 bits per heavy atom. The van der Waals surface area contributed by atoms with Crippen molar-refractivity contribution in [2.45, 2.75) is 63.2 Å². The van der Waals surface area contributed by atoms with Crippen LogP contribution in [0.1, 0.15) is 55.3 Å². The maximum Gasteiger partial charge on any atom is 0.391 e. The van der Waals surface area contributed by atoms with E-state index in [9.17, 15) is 28.1 Å². The maximum atomic E-state index is 13.1. The molecule has 2 aliphatic carbocycles. The SMILES string of the molecule is CNc1cc(N2CC3CCC2C3)c(C(=O)NC2CCC(C(F)(F)F)CC2)cc1[N+](=O)[O-]. The van der Waals surface area contributed by atoms with Gasteiger partial charge in [-0.25, -0.2) is 0 Å². The molecule has 7 nitrogen and oxygen atoms in total. The van der Waals surface area contributed by atoms with E-state index in [2.05, 4.69) is 15.5 Å². The number of nitrogens with one attached hydrogen (secondary N) is 2. The molecular formula is C21H27F3N4O3. The van der Waals surface area contributed by atoms with Gasteiger partial charge in [-0.1, -0.05) is 0 Å². The number of amides is 1. The molecule has 2 saturated carbocycles. The Morgan fingerprint density at radius 3 is 2.39 bits per heavy atom. The third-order valence-corrected chi connectivity index (χ3v) is 7.07. The van der Waals surface area contributed by atoms with Gasteiger partial charge in [0.15, 0.2) is 0 Å². The summed E-state index contributed by atoms with van der Waals surface area (Å²) in [7, 11) is 1.60. The molecule has 2 unspecified atom stereocenters. The number of nitrogens with zero attached hydrogens (tertiary/aromatic N) is 2. The number of rotatable bonds is 5. The van der Waals surface area contributed by atoms with Crippen molar-refractivity contribution >= 4 is 23.0 Å². The van der Waals surface area contributed by atoms with Gasteiger partial charge in [-0.2, -0.15) is 13.2 Å². The lowest BCUT2D eigenvalue weighted by Gasteiger charge is -2.32. The first-order valence-electron chi connectivity index (χ1n) is 10.8. The van der Waals surface area contributed by atoms with E-state index in [1.165, 1.54) is 6.07 Å². The predicted molar refractivity (Wildman–Crippen MR) is 110 cm³/mol. The van der Waals surface area contributed by atoms with Crippen LogP contribution in [-0.2, 0) is 0 Å². The van der Waals surface area contributed by atoms with Gasteiger partial charge in [0.1, 0.15) is 5.69 Å². The summed E-state index contributed by atoms with van der Waals surface area (Å²) in [6.07, 6.45) is -0.524. The maximum absolute atomic E-state index is 13.1. The average Bonchev–Trinajstić information content (AvgIpc) is 3.36. The van der Waals surface area contributed by atoms with Crippen molar-refractivity contribution in [1.29, 1.82) is 0 Å². The molecule has 1 saturated heterocycles. The van der Waals surface area contributed by atoms with E-state index in [0.29, 0.717) is 23.3 Å². The molecule has 4 rings (SSSR count). The minimum Gasteiger partial charge on any atom is -0.383 e. The van der Waals surface area contributed by atoms with Crippen molar-refractivity contribution in [1.82, 2.24) is 5.32 Å². The van der Waals surface area contributed by atoms with Gasteiger partial charge in [-0.05, 0) is 56.9 Å². The Hall–Kier alpha value is -2.52. The predicted octanol–water partition coefficient (Wildman–Crippen LogP) is 4.48. The van der Waals surface area contributed by atoms with Gasteiger partial charge >= 0.3 is 6.18 Å². The second-order valence-corrected chi connectivity index (χ2v) is 8.94. The monoisotopic (exact) mass is 440 g/mol. The molecule has 1 amide bonds. The summed E-state index contributed by atoms with van der Waals surface area (Å²) in [5, 5.41) is 17.2. The van der Waals surface area contributed by atoms with Crippen molar-refractivity contribution in [3.05, 3.63) is 27.8 Å². The van der Waals surface area contributed by atoms with Gasteiger partial charge in [0.05, 0.1) is 22.1 Å². The average molecular weight is 440 g/mol. The van der Waals surface area contributed by atoms with E-state index in [0.717, 1.165) is 25.8 Å². The van der Waals surface area contributed by atoms with Gasteiger partial charge in [-0.3, -0.25) is 14.9 Å². The fourth-order valence-electron chi connectivity index (χ4n) is 5.40. The first kappa shape index (κ1) is 21.7. The zero-order chi connectivity index (χ0) is 22.3. The molecule has 1 aliphatic heterocycles. The van der Waals surface area contributed by atoms with Gasteiger partial charge in [0, 0.05) is 31.7 Å². The number of anilines is 2. The van der Waals surface area contributed by atoms with E-state index in [1.807, 2.05) is 0 Å². The summed E-state index contributed by atoms with van der Waals surface area (Å²) in [6.45, 7) is 0.808. The number of benzene rings is 1. The summed E-state index contributed by atoms with van der Waals surface area (Å²) >= 11 is 0. The molecule has 170 valence electrons. The summed E-state index contributed by atoms with van der Waals surface area (Å²) in [5.74, 6) is -1.22. The lowest BCUT2D eigenvalue weighted by Crippen LogP contribution is -2.41. The van der Waals surface area contributed by atoms with Crippen LogP contribution in [0.25, 0.3) is 0 Å². The van der Waals surface area contributed by atoms with Crippen molar-refractivity contribution in [3.63, 3.8) is 0 Å². The van der Waals surface area contributed by atoms with Crippen LogP contribution in [0.15, 0.2) is 12.1 Å². The Kier molecular flexibility index (Phi) is 5.74. The Bertz CT molecular complexity index is 868. The largest absolute Gasteiger partial charge is 0.391 e. The third kappa shape index (κ3) is 4.29. The van der Waals surface area contributed by atoms with Crippen LogP contribution in [0.2, 0.25) is 0 Å². The molecule has 2 N–H and O–H groups in total. The highest BCUT2D eigenvalue weighted by molar-refractivity contribution is 6.02. The first-order chi connectivity index (χ1) is 14.7. The van der Waals surface area contributed by atoms with E-state index >= 15 is 0 Å². The smallest absolute Gasteiger partial charge is 0.383 e. The number of halogens is 3. The minimum atomic E-state index is -4.21. The highest BCUT2D eigenvalue weighted by Crippen LogP contribution is 2.44. The summed E-state index contributed by atoms with van der Waals surface area (Å²) in [5.41, 5.74) is 1.02. The van der Waals surface area contributed by atoms with Crippen LogP contribution in [0, 0.1) is 22.0 Å². The van der Waals surface area contributed by atoms with Crippen LogP contribution >= 0.6 is 0 Å². The van der Waals surface area contributed by atoms with E-state index in [1.54, 1.807) is 13.1 Å². The van der Waals surface area contributed by atoms with E-state index in [-0.39, 0.29) is 43.0 Å². The van der Waals surface area contributed by atoms with Gasteiger partial charge < -0.3 is 15.5 Å². The van der Waals surface area contributed by atoms with E-state index < -0.39 is 22.9 Å². The molecule has 2 atom stereocenters. The number of hydrogen-bond donors (Lipinski definition) is 2. The molecule has 31 heavy (non-hydrogen) atoms. The third-order valence-electron chi connectivity index (χ3n) is 7.07. The highest BCUT2D eigenvalue weighted by Gasteiger charge is 2.42. The fourth-order valence-corrected chi connectivity index (χ4v) is 5.40. The number of fused-ring (bicyclic) bond motifs is 2. The number of nitro benzene ring substituents is 1. The van der Waals surface area contributed by atoms with Crippen LogP contribution in [0.5, 0.6) is 0 Å². The molecule has 0 aromatic heterocycles. The van der Waals surface area contributed by atoms with Gasteiger partial charge in [-0.15, -0.1) is 0 Å². The lowest BCUT2D eigenvalue weighted by atomic mass is 9.85. The second kappa shape index (κ2) is 8.20. The molecule has 0 radical (unpaired) electrons. The number of carbonyl (C=O) groups excluding carboxylic acids is 1.